The molecule has 2 N–H and O–H groups in total. The third kappa shape index (κ3) is 18.6. The number of nitrogens with one attached hydrogen (secondary N) is 2. The number of rotatable bonds is 25. The van der Waals surface area contributed by atoms with Gasteiger partial charge in [0.2, 0.25) is 11.8 Å². The number of unbranched alkanes of at least 4 members (excludes halogenated alkanes) is 12. The summed E-state index contributed by atoms with van der Waals surface area (Å²) in [5.74, 6) is 0.369. The van der Waals surface area contributed by atoms with Crippen LogP contribution in [0.5, 0.6) is 0 Å². The maximum Gasteiger partial charge on any atom is 0.222 e. The molecule has 0 unspecified atom stereocenters. The third-order valence-corrected chi connectivity index (χ3v) is 8.40. The van der Waals surface area contributed by atoms with Crippen LogP contribution in [0.25, 0.3) is 0 Å². The van der Waals surface area contributed by atoms with Crippen LogP contribution in [-0.4, -0.2) is 56.1 Å². The van der Waals surface area contributed by atoms with E-state index in [1.807, 2.05) is 13.8 Å². The highest BCUT2D eigenvalue weighted by atomic mass is 16.5. The van der Waals surface area contributed by atoms with Gasteiger partial charge in [-0.3, -0.25) is 14.4 Å². The van der Waals surface area contributed by atoms with Gasteiger partial charge < -0.3 is 20.1 Å². The second kappa shape index (κ2) is 24.0. The topological polar surface area (TPSA) is 93.7 Å². The van der Waals surface area contributed by atoms with Crippen molar-refractivity contribution < 1.29 is 23.9 Å². The molecule has 7 heteroatoms. The van der Waals surface area contributed by atoms with Crippen LogP contribution in [0.1, 0.15) is 156 Å². The van der Waals surface area contributed by atoms with E-state index in [9.17, 15) is 14.4 Å². The molecule has 2 amide bonds. The first-order valence-corrected chi connectivity index (χ1v) is 17.2. The van der Waals surface area contributed by atoms with E-state index in [-0.39, 0.29) is 23.6 Å². The van der Waals surface area contributed by atoms with Crippen molar-refractivity contribution in [1.29, 1.82) is 0 Å². The van der Waals surface area contributed by atoms with Gasteiger partial charge in [-0.2, -0.15) is 0 Å². The van der Waals surface area contributed by atoms with E-state index >= 15 is 0 Å². The number of hydrogen-bond acceptors (Lipinski definition) is 5. The molecule has 1 spiro atoms. The molecule has 2 saturated carbocycles. The Morgan fingerprint density at radius 3 is 1.41 bits per heavy atom. The largest absolute Gasteiger partial charge is 0.379 e. The van der Waals surface area contributed by atoms with Crippen molar-refractivity contribution in [2.24, 2.45) is 5.41 Å². The zero-order valence-electron chi connectivity index (χ0n) is 27.2. The molecular weight excluding hydrogens is 516 g/mol. The van der Waals surface area contributed by atoms with E-state index in [2.05, 4.69) is 17.6 Å². The summed E-state index contributed by atoms with van der Waals surface area (Å²) in [4.78, 5) is 35.3. The first-order valence-electron chi connectivity index (χ1n) is 17.2. The van der Waals surface area contributed by atoms with Gasteiger partial charge >= 0.3 is 0 Å². The second-order valence-corrected chi connectivity index (χ2v) is 12.3. The molecule has 240 valence electrons. The van der Waals surface area contributed by atoms with E-state index in [0.29, 0.717) is 57.1 Å². The highest BCUT2D eigenvalue weighted by Crippen LogP contribution is 2.55. The summed E-state index contributed by atoms with van der Waals surface area (Å²) in [5.41, 5.74) is 0.332. The van der Waals surface area contributed by atoms with Gasteiger partial charge in [-0.25, -0.2) is 0 Å². The standard InChI is InChI=1S/C32H58N2O5.C2H6/c1-3-4-5-6-7-8-9-10-11-12-13-14-15-16-30(36)33-28-23-32(24-28)25-29(26-32)34-31(37)18-20-39-22-21-38-19-17-27(2)35;1-2/h28-29H,3-26H2,1-2H3,(H,33,36)(H,34,37);1-2H3. The van der Waals surface area contributed by atoms with Gasteiger partial charge in [0.05, 0.1) is 26.4 Å². The van der Waals surface area contributed by atoms with E-state index in [4.69, 9.17) is 9.47 Å². The van der Waals surface area contributed by atoms with Crippen LogP contribution in [0.2, 0.25) is 0 Å². The first kappa shape index (κ1) is 37.6. The van der Waals surface area contributed by atoms with Gasteiger partial charge in [0, 0.05) is 31.3 Å². The van der Waals surface area contributed by atoms with Crippen LogP contribution >= 0.6 is 0 Å². The minimum absolute atomic E-state index is 0.0364. The molecule has 0 aromatic rings. The van der Waals surface area contributed by atoms with Crippen molar-refractivity contribution in [3.8, 4) is 0 Å². The Hall–Kier alpha value is -1.47. The molecule has 41 heavy (non-hydrogen) atoms. The zero-order chi connectivity index (χ0) is 30.2. The number of hydrogen-bond donors (Lipinski definition) is 2. The lowest BCUT2D eigenvalue weighted by Crippen LogP contribution is -2.61. The number of amides is 2. The Bertz CT molecular complexity index is 685. The lowest BCUT2D eigenvalue weighted by atomic mass is 9.52. The lowest BCUT2D eigenvalue weighted by molar-refractivity contribution is -0.128. The summed E-state index contributed by atoms with van der Waals surface area (Å²) in [7, 11) is 0. The van der Waals surface area contributed by atoms with Crippen LogP contribution in [0.3, 0.4) is 0 Å². The Labute approximate surface area is 252 Å². The maximum atomic E-state index is 12.3. The van der Waals surface area contributed by atoms with Crippen LogP contribution in [0.15, 0.2) is 0 Å². The summed E-state index contributed by atoms with van der Waals surface area (Å²) in [6, 6.07) is 0.581. The summed E-state index contributed by atoms with van der Waals surface area (Å²) in [5, 5.41) is 6.34. The molecule has 2 aliphatic carbocycles. The minimum Gasteiger partial charge on any atom is -0.379 e. The number of ketones is 1. The summed E-state index contributed by atoms with van der Waals surface area (Å²) < 4.78 is 10.7. The monoisotopic (exact) mass is 580 g/mol. The molecule has 0 atom stereocenters. The number of Topliss-reactive ketones (excluding diaryl/α,β-unsaturated/α-hetero) is 1. The van der Waals surface area contributed by atoms with Crippen molar-refractivity contribution in [3.63, 3.8) is 0 Å². The number of carbonyl (C=O) groups is 3. The molecule has 0 aliphatic heterocycles. The average molecular weight is 581 g/mol. The van der Waals surface area contributed by atoms with E-state index in [0.717, 1.165) is 32.1 Å². The molecule has 2 aliphatic rings. The van der Waals surface area contributed by atoms with Crippen LogP contribution < -0.4 is 10.6 Å². The molecule has 2 fully saturated rings. The molecule has 7 nitrogen and oxygen atoms in total. The van der Waals surface area contributed by atoms with Crippen LogP contribution in [0, 0.1) is 5.41 Å². The van der Waals surface area contributed by atoms with Gasteiger partial charge in [0.15, 0.2) is 0 Å². The Morgan fingerprint density at radius 1 is 0.585 bits per heavy atom. The van der Waals surface area contributed by atoms with E-state index < -0.39 is 0 Å². The molecule has 0 radical (unpaired) electrons. The van der Waals surface area contributed by atoms with Crippen molar-refractivity contribution in [1.82, 2.24) is 10.6 Å². The highest BCUT2D eigenvalue weighted by Gasteiger charge is 2.53. The zero-order valence-corrected chi connectivity index (χ0v) is 27.2. The predicted molar refractivity (Wildman–Crippen MR) is 168 cm³/mol. The normalized spacial score (nSPS) is 20.9. The van der Waals surface area contributed by atoms with Gasteiger partial charge in [-0.15, -0.1) is 0 Å². The van der Waals surface area contributed by atoms with Gasteiger partial charge in [-0.1, -0.05) is 97.8 Å². The predicted octanol–water partition coefficient (Wildman–Crippen LogP) is 7.44. The fourth-order valence-corrected chi connectivity index (χ4v) is 6.11. The second-order valence-electron chi connectivity index (χ2n) is 12.3. The molecule has 0 saturated heterocycles. The van der Waals surface area contributed by atoms with E-state index in [1.54, 1.807) is 6.92 Å². The maximum absolute atomic E-state index is 12.3. The molecule has 2 rings (SSSR count). The minimum atomic E-state index is 0.0364. The quantitative estimate of drug-likeness (QED) is 0.109. The van der Waals surface area contributed by atoms with Crippen molar-refractivity contribution >= 4 is 17.6 Å². The molecule has 0 aromatic carbocycles. The smallest absolute Gasteiger partial charge is 0.222 e. The average Bonchev–Trinajstić information content (AvgIpc) is 2.91. The Kier molecular flexibility index (Phi) is 22.0. The van der Waals surface area contributed by atoms with Crippen molar-refractivity contribution in [2.75, 3.05) is 26.4 Å². The van der Waals surface area contributed by atoms with E-state index in [1.165, 1.54) is 77.0 Å². The SMILES string of the molecule is CC.CCCCCCCCCCCCCCCC(=O)NC1CC2(C1)CC(NC(=O)CCOCCOCCC(C)=O)C2. The fourth-order valence-electron chi connectivity index (χ4n) is 6.11. The van der Waals surface area contributed by atoms with Crippen LogP contribution in [-0.2, 0) is 23.9 Å². The fraction of sp³-hybridized carbons (Fsp3) is 0.912. The summed E-state index contributed by atoms with van der Waals surface area (Å²) >= 11 is 0. The highest BCUT2D eigenvalue weighted by molar-refractivity contribution is 5.77. The summed E-state index contributed by atoms with van der Waals surface area (Å²) in [6.45, 7) is 9.50. The van der Waals surface area contributed by atoms with Crippen molar-refractivity contribution in [3.05, 3.63) is 0 Å². The first-order chi connectivity index (χ1) is 19.9. The molecular formula is C34H64N2O5. The summed E-state index contributed by atoms with van der Waals surface area (Å²) in [6.07, 6.45) is 22.8. The number of carbonyl (C=O) groups excluding carboxylic acids is 3. The molecule has 0 aromatic heterocycles. The number of ether oxygens (including phenoxy) is 2. The van der Waals surface area contributed by atoms with Crippen LogP contribution in [0.4, 0.5) is 0 Å². The third-order valence-electron chi connectivity index (χ3n) is 8.40. The molecule has 0 bridgehead atoms. The van der Waals surface area contributed by atoms with Gasteiger partial charge in [0.25, 0.3) is 0 Å². The lowest BCUT2D eigenvalue weighted by Gasteiger charge is -2.57. The Balaban J connectivity index is 0.00000411. The van der Waals surface area contributed by atoms with Gasteiger partial charge in [-0.05, 0) is 44.4 Å². The Morgan fingerprint density at radius 2 is 0.976 bits per heavy atom. The van der Waals surface area contributed by atoms with Gasteiger partial charge in [0.1, 0.15) is 5.78 Å². The van der Waals surface area contributed by atoms with Crippen molar-refractivity contribution in [2.45, 2.75) is 168 Å². The molecule has 0 heterocycles.